The molecular formula is C25H19ClO4. The Balaban J connectivity index is 1.92. The monoisotopic (exact) mass is 418 g/mol. The van der Waals surface area contributed by atoms with Crippen molar-refractivity contribution in [2.75, 3.05) is 0 Å². The molecule has 4 aromatic rings. The third-order valence-corrected chi connectivity index (χ3v) is 5.31. The van der Waals surface area contributed by atoms with E-state index in [1.807, 2.05) is 51.1 Å². The normalized spacial score (nSPS) is 10.9. The van der Waals surface area contributed by atoms with E-state index in [-0.39, 0.29) is 17.1 Å². The molecule has 0 radical (unpaired) electrons. The molecule has 1 aromatic heterocycles. The maximum Gasteiger partial charge on any atom is 0.343 e. The van der Waals surface area contributed by atoms with Crippen LogP contribution in [-0.4, -0.2) is 5.97 Å². The summed E-state index contributed by atoms with van der Waals surface area (Å²) in [7, 11) is 0. The van der Waals surface area contributed by atoms with E-state index in [1.54, 1.807) is 30.3 Å². The third-order valence-electron chi connectivity index (χ3n) is 5.05. The molecule has 0 amide bonds. The van der Waals surface area contributed by atoms with E-state index in [2.05, 4.69) is 0 Å². The predicted octanol–water partition coefficient (Wildman–Crippen LogP) is 6.26. The zero-order valence-corrected chi connectivity index (χ0v) is 17.5. The molecule has 0 saturated carbocycles. The SMILES string of the molecule is Cc1ccc(-c2oc3cc(C)c(C)cc3c(=O)c2OC(=O)c2ccc(Cl)cc2)cc1. The van der Waals surface area contributed by atoms with Crippen molar-refractivity contribution >= 4 is 28.5 Å². The molecule has 5 heteroatoms. The number of esters is 1. The molecule has 0 aliphatic heterocycles. The Labute approximate surface area is 178 Å². The topological polar surface area (TPSA) is 56.5 Å². The average molecular weight is 419 g/mol. The second-order valence-corrected chi connectivity index (χ2v) is 7.72. The standard InChI is InChI=1S/C25H19ClO4/c1-14-4-6-17(7-5-14)23-24(30-25(28)18-8-10-19(26)11-9-18)22(27)20-12-15(2)16(3)13-21(20)29-23/h4-13H,1-3H3. The molecule has 0 bridgehead atoms. The Bertz CT molecular complexity index is 1320. The van der Waals surface area contributed by atoms with Gasteiger partial charge in [-0.25, -0.2) is 4.79 Å². The van der Waals surface area contributed by atoms with Crippen molar-refractivity contribution in [3.63, 3.8) is 0 Å². The van der Waals surface area contributed by atoms with Gasteiger partial charge in [-0.05, 0) is 68.3 Å². The van der Waals surface area contributed by atoms with E-state index >= 15 is 0 Å². The van der Waals surface area contributed by atoms with Gasteiger partial charge in [-0.3, -0.25) is 4.79 Å². The molecule has 0 N–H and O–H groups in total. The van der Waals surface area contributed by atoms with E-state index in [0.29, 0.717) is 21.6 Å². The van der Waals surface area contributed by atoms with Crippen molar-refractivity contribution in [3.05, 3.63) is 98.2 Å². The number of carbonyl (C=O) groups excluding carboxylic acids is 1. The van der Waals surface area contributed by atoms with Crippen LogP contribution in [0.5, 0.6) is 5.75 Å². The van der Waals surface area contributed by atoms with Gasteiger partial charge in [0.25, 0.3) is 0 Å². The third kappa shape index (κ3) is 3.74. The number of ether oxygens (including phenoxy) is 1. The summed E-state index contributed by atoms with van der Waals surface area (Å²) in [5.74, 6) is -0.567. The fraction of sp³-hybridized carbons (Fsp3) is 0.120. The van der Waals surface area contributed by atoms with Gasteiger partial charge in [-0.15, -0.1) is 0 Å². The smallest absolute Gasteiger partial charge is 0.343 e. The van der Waals surface area contributed by atoms with Gasteiger partial charge in [0.05, 0.1) is 10.9 Å². The Kier molecular flexibility index (Phi) is 5.18. The minimum absolute atomic E-state index is 0.130. The highest BCUT2D eigenvalue weighted by Crippen LogP contribution is 2.32. The molecule has 0 spiro atoms. The summed E-state index contributed by atoms with van der Waals surface area (Å²) in [4.78, 5) is 26.0. The summed E-state index contributed by atoms with van der Waals surface area (Å²) in [5.41, 5.74) is 4.01. The summed E-state index contributed by atoms with van der Waals surface area (Å²) in [6.07, 6.45) is 0. The second-order valence-electron chi connectivity index (χ2n) is 7.28. The van der Waals surface area contributed by atoms with Crippen molar-refractivity contribution in [1.29, 1.82) is 0 Å². The molecule has 150 valence electrons. The van der Waals surface area contributed by atoms with E-state index in [4.69, 9.17) is 20.8 Å². The van der Waals surface area contributed by atoms with Gasteiger partial charge in [0, 0.05) is 10.6 Å². The lowest BCUT2D eigenvalue weighted by molar-refractivity contribution is 0.0731. The van der Waals surface area contributed by atoms with Gasteiger partial charge >= 0.3 is 5.97 Å². The Hall–Kier alpha value is -3.37. The average Bonchev–Trinajstić information content (AvgIpc) is 2.72. The number of fused-ring (bicyclic) bond motifs is 1. The summed E-state index contributed by atoms with van der Waals surface area (Å²) in [5, 5.41) is 0.871. The first-order valence-electron chi connectivity index (χ1n) is 9.46. The van der Waals surface area contributed by atoms with E-state index < -0.39 is 11.4 Å². The van der Waals surface area contributed by atoms with Crippen molar-refractivity contribution < 1.29 is 13.9 Å². The van der Waals surface area contributed by atoms with Crippen molar-refractivity contribution in [1.82, 2.24) is 0 Å². The highest BCUT2D eigenvalue weighted by Gasteiger charge is 2.22. The van der Waals surface area contributed by atoms with Crippen molar-refractivity contribution in [3.8, 4) is 17.1 Å². The van der Waals surface area contributed by atoms with Crippen LogP contribution < -0.4 is 10.2 Å². The number of halogens is 1. The lowest BCUT2D eigenvalue weighted by Crippen LogP contribution is -2.16. The largest absolute Gasteiger partial charge is 0.452 e. The summed E-state index contributed by atoms with van der Waals surface area (Å²) in [6, 6.07) is 17.3. The van der Waals surface area contributed by atoms with Crippen LogP contribution >= 0.6 is 11.6 Å². The molecule has 0 unspecified atom stereocenters. The number of carbonyl (C=O) groups is 1. The van der Waals surface area contributed by atoms with E-state index in [0.717, 1.165) is 16.7 Å². The molecule has 0 atom stereocenters. The Morgan fingerprint density at radius 1 is 0.900 bits per heavy atom. The van der Waals surface area contributed by atoms with Crippen LogP contribution in [0.2, 0.25) is 5.02 Å². The lowest BCUT2D eigenvalue weighted by atomic mass is 10.0. The minimum Gasteiger partial charge on any atom is -0.452 e. The number of benzene rings is 3. The fourth-order valence-electron chi connectivity index (χ4n) is 3.16. The zero-order valence-electron chi connectivity index (χ0n) is 16.8. The van der Waals surface area contributed by atoms with Gasteiger partial charge < -0.3 is 9.15 Å². The molecule has 0 aliphatic rings. The summed E-state index contributed by atoms with van der Waals surface area (Å²) in [6.45, 7) is 5.84. The minimum atomic E-state index is -0.657. The molecule has 4 rings (SSSR count). The first-order valence-corrected chi connectivity index (χ1v) is 9.84. The molecule has 0 aliphatic carbocycles. The van der Waals surface area contributed by atoms with E-state index in [1.165, 1.54) is 0 Å². The highest BCUT2D eigenvalue weighted by molar-refractivity contribution is 6.30. The Morgan fingerprint density at radius 2 is 1.53 bits per heavy atom. The molecule has 1 heterocycles. The summed E-state index contributed by atoms with van der Waals surface area (Å²) < 4.78 is 11.7. The first-order chi connectivity index (χ1) is 14.3. The van der Waals surface area contributed by atoms with Crippen LogP contribution in [0.1, 0.15) is 27.0 Å². The van der Waals surface area contributed by atoms with E-state index in [9.17, 15) is 9.59 Å². The van der Waals surface area contributed by atoms with Crippen LogP contribution in [0.4, 0.5) is 0 Å². The van der Waals surface area contributed by atoms with Gasteiger partial charge in [0.2, 0.25) is 11.2 Å². The molecular weight excluding hydrogens is 400 g/mol. The lowest BCUT2D eigenvalue weighted by Gasteiger charge is -2.12. The molecule has 3 aromatic carbocycles. The number of aryl methyl sites for hydroxylation is 3. The molecule has 30 heavy (non-hydrogen) atoms. The van der Waals surface area contributed by atoms with Gasteiger partial charge in [0.1, 0.15) is 5.58 Å². The van der Waals surface area contributed by atoms with Crippen LogP contribution in [0.25, 0.3) is 22.3 Å². The zero-order chi connectivity index (χ0) is 21.4. The maximum absolute atomic E-state index is 13.3. The van der Waals surface area contributed by atoms with Crippen LogP contribution in [0.15, 0.2) is 69.9 Å². The van der Waals surface area contributed by atoms with Gasteiger partial charge in [0.15, 0.2) is 5.76 Å². The van der Waals surface area contributed by atoms with Crippen LogP contribution in [-0.2, 0) is 0 Å². The Morgan fingerprint density at radius 3 is 2.20 bits per heavy atom. The first kappa shape index (κ1) is 19.9. The quantitative estimate of drug-likeness (QED) is 0.368. The fourth-order valence-corrected chi connectivity index (χ4v) is 3.28. The van der Waals surface area contributed by atoms with Crippen LogP contribution in [0, 0.1) is 20.8 Å². The molecule has 0 saturated heterocycles. The molecule has 4 nitrogen and oxygen atoms in total. The molecule has 0 fully saturated rings. The van der Waals surface area contributed by atoms with Gasteiger partial charge in [-0.1, -0.05) is 41.4 Å². The predicted molar refractivity (Wildman–Crippen MR) is 119 cm³/mol. The van der Waals surface area contributed by atoms with Crippen molar-refractivity contribution in [2.24, 2.45) is 0 Å². The number of hydrogen-bond donors (Lipinski definition) is 0. The van der Waals surface area contributed by atoms with Crippen molar-refractivity contribution in [2.45, 2.75) is 20.8 Å². The van der Waals surface area contributed by atoms with Gasteiger partial charge in [-0.2, -0.15) is 0 Å². The number of hydrogen-bond acceptors (Lipinski definition) is 4. The highest BCUT2D eigenvalue weighted by atomic mass is 35.5. The second kappa shape index (κ2) is 7.81. The number of rotatable bonds is 3. The maximum atomic E-state index is 13.3. The van der Waals surface area contributed by atoms with Crippen LogP contribution in [0.3, 0.4) is 0 Å². The summed E-state index contributed by atoms with van der Waals surface area (Å²) >= 11 is 5.90.